The van der Waals surface area contributed by atoms with E-state index in [4.69, 9.17) is 9.47 Å². The number of thioether (sulfide) groups is 1. The summed E-state index contributed by atoms with van der Waals surface area (Å²) in [5.41, 5.74) is 0.458. The minimum Gasteiger partial charge on any atom is -0.497 e. The van der Waals surface area contributed by atoms with E-state index in [0.717, 1.165) is 12.8 Å². The quantitative estimate of drug-likeness (QED) is 0.762. The molecule has 0 spiro atoms. The number of nitrogens with one attached hydrogen (secondary N) is 1. The molecule has 1 saturated heterocycles. The summed E-state index contributed by atoms with van der Waals surface area (Å²) in [6, 6.07) is 4.61. The Hall–Kier alpha value is -1.89. The van der Waals surface area contributed by atoms with Gasteiger partial charge in [-0.3, -0.25) is 9.59 Å². The number of carbonyl (C=O) groups excluding carboxylic acids is 2. The first-order valence-electron chi connectivity index (χ1n) is 8.00. The van der Waals surface area contributed by atoms with Gasteiger partial charge in [0.05, 0.1) is 20.1 Å². The Morgan fingerprint density at radius 3 is 2.50 bits per heavy atom. The molecule has 132 valence electrons. The van der Waals surface area contributed by atoms with Crippen molar-refractivity contribution < 1.29 is 19.1 Å². The largest absolute Gasteiger partial charge is 0.497 e. The predicted molar refractivity (Wildman–Crippen MR) is 94.7 cm³/mol. The van der Waals surface area contributed by atoms with Crippen molar-refractivity contribution in [2.45, 2.75) is 25.8 Å². The lowest BCUT2D eigenvalue weighted by molar-refractivity contribution is -0.124. The highest BCUT2D eigenvalue weighted by Crippen LogP contribution is 2.27. The van der Waals surface area contributed by atoms with Crippen LogP contribution in [0.25, 0.3) is 0 Å². The standard InChI is InChI=1S/C17H24N2O4S/c1-4-5-6-18-16(20)15-10-24-11-19(15)17(21)12-7-13(22-2)9-14(8-12)23-3/h7-9,15H,4-6,10-11H2,1-3H3,(H,18,20). The van der Waals surface area contributed by atoms with Crippen LogP contribution >= 0.6 is 11.8 Å². The predicted octanol–water partition coefficient (Wildman–Crippen LogP) is 2.14. The summed E-state index contributed by atoms with van der Waals surface area (Å²) in [5.74, 6) is 1.95. The molecule has 0 saturated carbocycles. The van der Waals surface area contributed by atoms with Gasteiger partial charge in [0.2, 0.25) is 5.91 Å². The van der Waals surface area contributed by atoms with Crippen molar-refractivity contribution in [1.82, 2.24) is 10.2 Å². The van der Waals surface area contributed by atoms with Gasteiger partial charge < -0.3 is 19.7 Å². The van der Waals surface area contributed by atoms with E-state index < -0.39 is 6.04 Å². The zero-order valence-corrected chi connectivity index (χ0v) is 15.1. The number of unbranched alkanes of at least 4 members (excludes halogenated alkanes) is 1. The van der Waals surface area contributed by atoms with Gasteiger partial charge in [0.15, 0.2) is 0 Å². The highest BCUT2D eigenvalue weighted by Gasteiger charge is 2.35. The molecule has 2 amide bonds. The molecule has 0 aliphatic carbocycles. The summed E-state index contributed by atoms with van der Waals surface area (Å²) in [6.45, 7) is 2.72. The number of nitrogens with zero attached hydrogens (tertiary/aromatic N) is 1. The fraction of sp³-hybridized carbons (Fsp3) is 0.529. The molecule has 1 heterocycles. The van der Waals surface area contributed by atoms with Crippen molar-refractivity contribution in [3.63, 3.8) is 0 Å². The van der Waals surface area contributed by atoms with Crippen molar-refractivity contribution in [3.05, 3.63) is 23.8 Å². The molecule has 7 heteroatoms. The molecular weight excluding hydrogens is 328 g/mol. The Morgan fingerprint density at radius 2 is 1.92 bits per heavy atom. The second-order valence-corrected chi connectivity index (χ2v) is 6.54. The van der Waals surface area contributed by atoms with E-state index in [1.807, 2.05) is 0 Å². The van der Waals surface area contributed by atoms with Crippen LogP contribution in [0.1, 0.15) is 30.1 Å². The summed E-state index contributed by atoms with van der Waals surface area (Å²) < 4.78 is 10.4. The van der Waals surface area contributed by atoms with E-state index in [1.165, 1.54) is 0 Å². The third-order valence-corrected chi connectivity index (χ3v) is 4.89. The first kappa shape index (κ1) is 18.4. The van der Waals surface area contributed by atoms with Crippen molar-refractivity contribution in [3.8, 4) is 11.5 Å². The van der Waals surface area contributed by atoms with Crippen LogP contribution < -0.4 is 14.8 Å². The third kappa shape index (κ3) is 4.35. The molecule has 0 aromatic heterocycles. The van der Waals surface area contributed by atoms with Crippen LogP contribution in [0.15, 0.2) is 18.2 Å². The summed E-state index contributed by atoms with van der Waals surface area (Å²) in [5, 5.41) is 2.91. The Morgan fingerprint density at radius 1 is 1.25 bits per heavy atom. The van der Waals surface area contributed by atoms with Crippen molar-refractivity contribution in [2.75, 3.05) is 32.4 Å². The maximum Gasteiger partial charge on any atom is 0.255 e. The molecule has 1 aromatic rings. The summed E-state index contributed by atoms with van der Waals surface area (Å²) in [4.78, 5) is 26.8. The maximum atomic E-state index is 12.8. The van der Waals surface area contributed by atoms with Crippen LogP contribution in [-0.2, 0) is 4.79 Å². The van der Waals surface area contributed by atoms with Crippen LogP contribution in [0.3, 0.4) is 0 Å². The molecule has 1 aliphatic rings. The monoisotopic (exact) mass is 352 g/mol. The average molecular weight is 352 g/mol. The summed E-state index contributed by atoms with van der Waals surface area (Å²) in [6.07, 6.45) is 1.96. The van der Waals surface area contributed by atoms with Crippen LogP contribution in [0.5, 0.6) is 11.5 Å². The normalized spacial score (nSPS) is 16.8. The van der Waals surface area contributed by atoms with E-state index in [1.54, 1.807) is 49.1 Å². The van der Waals surface area contributed by atoms with Gasteiger partial charge in [-0.05, 0) is 18.6 Å². The fourth-order valence-corrected chi connectivity index (χ4v) is 3.62. The number of rotatable bonds is 7. The molecule has 2 rings (SSSR count). The van der Waals surface area contributed by atoms with Gasteiger partial charge in [0.1, 0.15) is 17.5 Å². The van der Waals surface area contributed by atoms with Crippen LogP contribution in [0.2, 0.25) is 0 Å². The molecule has 1 atom stereocenters. The van der Waals surface area contributed by atoms with E-state index >= 15 is 0 Å². The molecule has 1 fully saturated rings. The number of ether oxygens (including phenoxy) is 2. The van der Waals surface area contributed by atoms with E-state index in [0.29, 0.717) is 35.2 Å². The van der Waals surface area contributed by atoms with Gasteiger partial charge >= 0.3 is 0 Å². The highest BCUT2D eigenvalue weighted by atomic mass is 32.2. The van der Waals surface area contributed by atoms with E-state index in [2.05, 4.69) is 12.2 Å². The minimum absolute atomic E-state index is 0.0864. The molecule has 1 N–H and O–H groups in total. The van der Waals surface area contributed by atoms with Gasteiger partial charge in [-0.1, -0.05) is 13.3 Å². The average Bonchev–Trinajstić information content (AvgIpc) is 3.10. The van der Waals surface area contributed by atoms with Crippen molar-refractivity contribution >= 4 is 23.6 Å². The SMILES string of the molecule is CCCCNC(=O)C1CSCN1C(=O)c1cc(OC)cc(OC)c1. The van der Waals surface area contributed by atoms with Gasteiger partial charge in [-0.25, -0.2) is 0 Å². The molecule has 6 nitrogen and oxygen atoms in total. The van der Waals surface area contributed by atoms with Crippen molar-refractivity contribution in [1.29, 1.82) is 0 Å². The van der Waals surface area contributed by atoms with Crippen LogP contribution in [0, 0.1) is 0 Å². The number of hydrogen-bond acceptors (Lipinski definition) is 5. The molecule has 0 bridgehead atoms. The smallest absolute Gasteiger partial charge is 0.255 e. The van der Waals surface area contributed by atoms with Gasteiger partial charge in [-0.2, -0.15) is 0 Å². The molecule has 0 radical (unpaired) electrons. The third-order valence-electron chi connectivity index (χ3n) is 3.87. The Balaban J connectivity index is 2.14. The Kier molecular flexibility index (Phi) is 6.78. The Bertz CT molecular complexity index is 572. The second-order valence-electron chi connectivity index (χ2n) is 5.54. The maximum absolute atomic E-state index is 12.8. The number of hydrogen-bond donors (Lipinski definition) is 1. The van der Waals surface area contributed by atoms with Crippen LogP contribution in [0.4, 0.5) is 0 Å². The number of benzene rings is 1. The Labute approximate surface area is 146 Å². The van der Waals surface area contributed by atoms with Crippen molar-refractivity contribution in [2.24, 2.45) is 0 Å². The highest BCUT2D eigenvalue weighted by molar-refractivity contribution is 7.99. The van der Waals surface area contributed by atoms with E-state index in [9.17, 15) is 9.59 Å². The van der Waals surface area contributed by atoms with E-state index in [-0.39, 0.29) is 11.8 Å². The lowest BCUT2D eigenvalue weighted by Crippen LogP contribution is -2.47. The number of amides is 2. The zero-order chi connectivity index (χ0) is 17.5. The fourth-order valence-electron chi connectivity index (χ4n) is 2.46. The first-order chi connectivity index (χ1) is 11.6. The molecular formula is C17H24N2O4S. The number of carbonyl (C=O) groups is 2. The number of methoxy groups -OCH3 is 2. The summed E-state index contributed by atoms with van der Waals surface area (Å²) >= 11 is 1.58. The lowest BCUT2D eigenvalue weighted by Gasteiger charge is -2.23. The van der Waals surface area contributed by atoms with Gasteiger partial charge in [0, 0.05) is 23.9 Å². The van der Waals surface area contributed by atoms with Gasteiger partial charge in [-0.15, -0.1) is 11.8 Å². The summed E-state index contributed by atoms with van der Waals surface area (Å²) in [7, 11) is 3.08. The first-order valence-corrected chi connectivity index (χ1v) is 9.15. The van der Waals surface area contributed by atoms with Crippen LogP contribution in [-0.4, -0.2) is 55.2 Å². The molecule has 24 heavy (non-hydrogen) atoms. The minimum atomic E-state index is -0.434. The van der Waals surface area contributed by atoms with Gasteiger partial charge in [0.25, 0.3) is 5.91 Å². The second kappa shape index (κ2) is 8.82. The molecule has 1 aliphatic heterocycles. The zero-order valence-electron chi connectivity index (χ0n) is 14.3. The topological polar surface area (TPSA) is 67.9 Å². The molecule has 1 unspecified atom stereocenters. The molecule has 1 aromatic carbocycles. The lowest BCUT2D eigenvalue weighted by atomic mass is 10.1.